The molecule has 0 saturated carbocycles. The highest BCUT2D eigenvalue weighted by atomic mass is 16.5. The largest absolute Gasteiger partial charge is 0.461 e. The molecule has 1 aromatic heterocycles. The number of para-hydroxylation sites is 1. The summed E-state index contributed by atoms with van der Waals surface area (Å²) in [5.41, 5.74) is 6.94. The third-order valence-electron chi connectivity index (χ3n) is 6.83. The molecule has 3 aromatic rings. The molecule has 0 N–H and O–H groups in total. The van der Waals surface area contributed by atoms with E-state index in [1.54, 1.807) is 0 Å². The molecule has 0 spiro atoms. The van der Waals surface area contributed by atoms with E-state index in [0.717, 1.165) is 90.4 Å². The van der Waals surface area contributed by atoms with Crippen LogP contribution in [0.4, 0.5) is 0 Å². The van der Waals surface area contributed by atoms with Crippen LogP contribution in [-0.4, -0.2) is 48.1 Å². The average molecular weight is 427 g/mol. The van der Waals surface area contributed by atoms with Gasteiger partial charge in [-0.25, -0.2) is 0 Å². The monoisotopic (exact) mass is 426 g/mol. The van der Waals surface area contributed by atoms with E-state index in [4.69, 9.17) is 9.47 Å². The molecule has 162 valence electrons. The normalized spacial score (nSPS) is 18.0. The zero-order chi connectivity index (χ0) is 21.7. The van der Waals surface area contributed by atoms with Crippen LogP contribution < -0.4 is 4.74 Å². The molecule has 3 heterocycles. The number of benzene rings is 2. The van der Waals surface area contributed by atoms with E-state index in [9.17, 15) is 4.79 Å². The summed E-state index contributed by atoms with van der Waals surface area (Å²) in [4.78, 5) is 16.4. The summed E-state index contributed by atoms with van der Waals surface area (Å²) < 4.78 is 13.8. The zero-order valence-electron chi connectivity index (χ0n) is 18.3. The van der Waals surface area contributed by atoms with Crippen molar-refractivity contribution in [3.05, 3.63) is 77.2 Å². The van der Waals surface area contributed by atoms with Gasteiger partial charge < -0.3 is 14.0 Å². The summed E-state index contributed by atoms with van der Waals surface area (Å²) in [6.45, 7) is 6.13. The second-order valence-corrected chi connectivity index (χ2v) is 8.71. The van der Waals surface area contributed by atoms with Gasteiger partial charge in [0.05, 0.1) is 30.0 Å². The molecule has 2 aromatic carbocycles. The number of hydrogen-bond donors (Lipinski definition) is 0. The predicted molar refractivity (Wildman–Crippen MR) is 126 cm³/mol. The Morgan fingerprint density at radius 1 is 1.06 bits per heavy atom. The van der Waals surface area contributed by atoms with Crippen molar-refractivity contribution in [2.75, 3.05) is 32.8 Å². The predicted octanol–water partition coefficient (Wildman–Crippen LogP) is 4.69. The van der Waals surface area contributed by atoms with Gasteiger partial charge in [-0.3, -0.25) is 9.69 Å². The van der Waals surface area contributed by atoms with Crippen LogP contribution in [0.2, 0.25) is 0 Å². The molecule has 0 atom stereocenters. The first-order valence-electron chi connectivity index (χ1n) is 11.4. The van der Waals surface area contributed by atoms with Crippen LogP contribution in [0, 0.1) is 6.92 Å². The first-order chi connectivity index (χ1) is 15.7. The average Bonchev–Trinajstić information content (AvgIpc) is 3.14. The Balaban J connectivity index is 1.47. The Kier molecular flexibility index (Phi) is 4.74. The maximum absolute atomic E-state index is 14.0. The Hall–Kier alpha value is -3.15. The smallest absolute Gasteiger partial charge is 0.195 e. The van der Waals surface area contributed by atoms with Gasteiger partial charge in [-0.05, 0) is 37.0 Å². The molecular formula is C27H26N2O3. The summed E-state index contributed by atoms with van der Waals surface area (Å²) in [6, 6.07) is 14.3. The van der Waals surface area contributed by atoms with Gasteiger partial charge in [0.25, 0.3) is 0 Å². The van der Waals surface area contributed by atoms with Gasteiger partial charge in [0.15, 0.2) is 11.5 Å². The lowest BCUT2D eigenvalue weighted by Gasteiger charge is -2.29. The molecule has 3 aliphatic rings. The Labute approximate surface area is 187 Å². The number of Topliss-reactive ketones (excluding diaryl/α,β-unsaturated/α-hetero) is 1. The minimum Gasteiger partial charge on any atom is -0.461 e. The van der Waals surface area contributed by atoms with Crippen molar-refractivity contribution < 1.29 is 14.3 Å². The number of aromatic nitrogens is 1. The SMILES string of the molecule is Cc1c(C(=O)C2=CCCc3ccccc32)c2cccc3c2n1C(CN1CCOCC1)=CO3. The fourth-order valence-corrected chi connectivity index (χ4v) is 5.28. The number of carbonyl (C=O) groups is 1. The Bertz CT molecular complexity index is 1290. The van der Waals surface area contributed by atoms with Crippen molar-refractivity contribution in [3.8, 4) is 5.75 Å². The number of ether oxygens (including phenoxy) is 2. The third kappa shape index (κ3) is 3.04. The van der Waals surface area contributed by atoms with E-state index in [1.165, 1.54) is 5.56 Å². The van der Waals surface area contributed by atoms with Crippen molar-refractivity contribution in [2.24, 2.45) is 0 Å². The zero-order valence-corrected chi connectivity index (χ0v) is 18.3. The number of aryl methyl sites for hydroxylation is 1. The first-order valence-corrected chi connectivity index (χ1v) is 11.4. The number of ketones is 1. The number of fused-ring (bicyclic) bond motifs is 1. The molecule has 5 nitrogen and oxygen atoms in total. The molecule has 0 radical (unpaired) electrons. The molecule has 5 heteroatoms. The lowest BCUT2D eigenvalue weighted by Crippen LogP contribution is -2.38. The van der Waals surface area contributed by atoms with E-state index < -0.39 is 0 Å². The van der Waals surface area contributed by atoms with Gasteiger partial charge >= 0.3 is 0 Å². The van der Waals surface area contributed by atoms with Crippen LogP contribution in [0.5, 0.6) is 5.75 Å². The number of carbonyl (C=O) groups excluding carboxylic acids is 1. The van der Waals surface area contributed by atoms with E-state index in [0.29, 0.717) is 0 Å². The first kappa shape index (κ1) is 19.5. The molecule has 2 aliphatic heterocycles. The fraction of sp³-hybridized carbons (Fsp3) is 0.296. The number of allylic oxidation sites excluding steroid dienone is 2. The molecule has 1 saturated heterocycles. The quantitative estimate of drug-likeness (QED) is 0.568. The van der Waals surface area contributed by atoms with Gasteiger partial charge in [0, 0.05) is 36.3 Å². The van der Waals surface area contributed by atoms with Crippen LogP contribution in [0.25, 0.3) is 22.2 Å². The van der Waals surface area contributed by atoms with E-state index >= 15 is 0 Å². The van der Waals surface area contributed by atoms with Gasteiger partial charge in [-0.1, -0.05) is 42.5 Å². The van der Waals surface area contributed by atoms with Crippen molar-refractivity contribution >= 4 is 28.0 Å². The molecule has 32 heavy (non-hydrogen) atoms. The van der Waals surface area contributed by atoms with Crippen LogP contribution in [0.3, 0.4) is 0 Å². The number of rotatable bonds is 4. The van der Waals surface area contributed by atoms with E-state index in [-0.39, 0.29) is 5.78 Å². The summed E-state index contributed by atoms with van der Waals surface area (Å²) in [5.74, 6) is 0.900. The Morgan fingerprint density at radius 3 is 2.78 bits per heavy atom. The van der Waals surface area contributed by atoms with E-state index in [1.807, 2.05) is 30.5 Å². The summed E-state index contributed by atoms with van der Waals surface area (Å²) in [5, 5.41) is 0.960. The minimum absolute atomic E-state index is 0.100. The van der Waals surface area contributed by atoms with Crippen molar-refractivity contribution in [1.29, 1.82) is 0 Å². The maximum atomic E-state index is 14.0. The number of nitrogens with zero attached hydrogens (tertiary/aromatic N) is 2. The van der Waals surface area contributed by atoms with Crippen LogP contribution in [0.1, 0.15) is 33.6 Å². The standard InChI is InChI=1S/C27H26N2O3/c1-18-25(27(30)22-9-4-7-19-6-2-3-8-21(19)22)23-10-5-11-24-26(23)29(18)20(17-32-24)16-28-12-14-31-15-13-28/h2-3,5-6,8-11,17H,4,7,12-16H2,1H3. The number of hydrogen-bond acceptors (Lipinski definition) is 4. The molecular weight excluding hydrogens is 400 g/mol. The summed E-state index contributed by atoms with van der Waals surface area (Å²) >= 11 is 0. The molecule has 0 amide bonds. The Morgan fingerprint density at radius 2 is 1.91 bits per heavy atom. The fourth-order valence-electron chi connectivity index (χ4n) is 5.28. The van der Waals surface area contributed by atoms with Crippen LogP contribution >= 0.6 is 0 Å². The topological polar surface area (TPSA) is 43.7 Å². The lowest BCUT2D eigenvalue weighted by atomic mass is 9.86. The molecule has 1 aliphatic carbocycles. The third-order valence-corrected chi connectivity index (χ3v) is 6.83. The van der Waals surface area contributed by atoms with Gasteiger partial charge in [0.1, 0.15) is 6.26 Å². The molecule has 0 bridgehead atoms. The highest BCUT2D eigenvalue weighted by Crippen LogP contribution is 2.40. The van der Waals surface area contributed by atoms with Crippen LogP contribution in [0.15, 0.2) is 54.8 Å². The summed E-state index contributed by atoms with van der Waals surface area (Å²) in [7, 11) is 0. The van der Waals surface area contributed by atoms with Crippen molar-refractivity contribution in [2.45, 2.75) is 19.8 Å². The molecule has 6 rings (SSSR count). The van der Waals surface area contributed by atoms with Gasteiger partial charge in [0.2, 0.25) is 0 Å². The van der Waals surface area contributed by atoms with Gasteiger partial charge in [-0.2, -0.15) is 0 Å². The molecule has 0 unspecified atom stereocenters. The second-order valence-electron chi connectivity index (χ2n) is 8.71. The molecule has 1 fully saturated rings. The highest BCUT2D eigenvalue weighted by Gasteiger charge is 2.30. The summed E-state index contributed by atoms with van der Waals surface area (Å²) in [6.07, 6.45) is 5.83. The van der Waals surface area contributed by atoms with E-state index in [2.05, 4.69) is 40.7 Å². The van der Waals surface area contributed by atoms with Gasteiger partial charge in [-0.15, -0.1) is 0 Å². The van der Waals surface area contributed by atoms with Crippen molar-refractivity contribution in [1.82, 2.24) is 9.47 Å². The highest BCUT2D eigenvalue weighted by molar-refractivity contribution is 6.33. The number of morpholine rings is 1. The second kappa shape index (κ2) is 7.76. The maximum Gasteiger partial charge on any atom is 0.195 e. The van der Waals surface area contributed by atoms with Crippen molar-refractivity contribution in [3.63, 3.8) is 0 Å². The lowest BCUT2D eigenvalue weighted by molar-refractivity contribution is 0.0438. The minimum atomic E-state index is 0.100. The van der Waals surface area contributed by atoms with Crippen LogP contribution in [-0.2, 0) is 11.2 Å².